The summed E-state index contributed by atoms with van der Waals surface area (Å²) in [6.07, 6.45) is 3.72. The van der Waals surface area contributed by atoms with Gasteiger partial charge in [-0.05, 0) is 36.1 Å². The van der Waals surface area contributed by atoms with E-state index in [0.29, 0.717) is 37.4 Å². The Morgan fingerprint density at radius 2 is 2.03 bits per heavy atom. The molecule has 0 saturated carbocycles. The summed E-state index contributed by atoms with van der Waals surface area (Å²) < 4.78 is 24.8. The number of pyridine rings is 1. The van der Waals surface area contributed by atoms with Crippen LogP contribution in [0, 0.1) is 0 Å². The summed E-state index contributed by atoms with van der Waals surface area (Å²) in [5.41, 5.74) is 3.09. The van der Waals surface area contributed by atoms with Gasteiger partial charge in [0, 0.05) is 57.1 Å². The number of amides is 1. The first kappa shape index (κ1) is 23.6. The molecular formula is C23H31N5O4S. The molecule has 0 aliphatic carbocycles. The van der Waals surface area contributed by atoms with Crippen LogP contribution in [0.25, 0.3) is 0 Å². The zero-order chi connectivity index (χ0) is 23.4. The van der Waals surface area contributed by atoms with E-state index in [1.807, 2.05) is 6.07 Å². The molecule has 10 heteroatoms. The molecule has 0 spiro atoms. The fraction of sp³-hybridized carbons (Fsp3) is 0.478. The number of fused-ring (bicyclic) bond motifs is 1. The molecule has 1 saturated heterocycles. The van der Waals surface area contributed by atoms with Gasteiger partial charge in [0.1, 0.15) is 5.82 Å². The Morgan fingerprint density at radius 1 is 1.24 bits per heavy atom. The van der Waals surface area contributed by atoms with E-state index in [9.17, 15) is 18.3 Å². The molecule has 3 N–H and O–H groups in total. The molecule has 2 unspecified atom stereocenters. The molecule has 9 nitrogen and oxygen atoms in total. The normalized spacial score (nSPS) is 20.2. The summed E-state index contributed by atoms with van der Waals surface area (Å²) in [5.74, 6) is 0.239. The molecule has 0 radical (unpaired) electrons. The molecule has 2 aromatic rings. The van der Waals surface area contributed by atoms with Crippen molar-refractivity contribution in [2.45, 2.75) is 31.5 Å². The van der Waals surface area contributed by atoms with Gasteiger partial charge in [-0.25, -0.2) is 17.7 Å². The summed E-state index contributed by atoms with van der Waals surface area (Å²) in [6, 6.07) is 11.6. The van der Waals surface area contributed by atoms with Gasteiger partial charge < -0.3 is 15.7 Å². The number of aliphatic hydroxyl groups is 1. The van der Waals surface area contributed by atoms with Gasteiger partial charge in [-0.15, -0.1) is 0 Å². The number of hydrogen-bond donors (Lipinski definition) is 3. The van der Waals surface area contributed by atoms with E-state index in [1.54, 1.807) is 18.3 Å². The van der Waals surface area contributed by atoms with Crippen molar-refractivity contribution in [1.29, 1.82) is 0 Å². The zero-order valence-corrected chi connectivity index (χ0v) is 19.6. The lowest BCUT2D eigenvalue weighted by atomic mass is 10.00. The molecule has 33 heavy (non-hydrogen) atoms. The first-order chi connectivity index (χ1) is 15.8. The van der Waals surface area contributed by atoms with E-state index in [0.717, 1.165) is 19.5 Å². The number of carbonyl (C=O) groups excluding carboxylic acids is 1. The number of anilines is 1. The first-order valence-electron chi connectivity index (χ1n) is 11.2. The third-order valence-corrected chi connectivity index (χ3v) is 7.44. The van der Waals surface area contributed by atoms with Crippen LogP contribution < -0.4 is 10.6 Å². The number of nitrogens with one attached hydrogen (secondary N) is 2. The van der Waals surface area contributed by atoms with Gasteiger partial charge in [0.2, 0.25) is 10.0 Å². The minimum atomic E-state index is -3.21. The van der Waals surface area contributed by atoms with Crippen molar-refractivity contribution in [3.8, 4) is 0 Å². The van der Waals surface area contributed by atoms with Crippen LogP contribution in [0.15, 0.2) is 42.6 Å². The van der Waals surface area contributed by atoms with Crippen LogP contribution in [-0.4, -0.2) is 84.7 Å². The highest BCUT2D eigenvalue weighted by Gasteiger charge is 2.28. The maximum Gasteiger partial charge on any atom is 0.251 e. The number of nitrogens with zero attached hydrogens (tertiary/aromatic N) is 3. The van der Waals surface area contributed by atoms with Gasteiger partial charge in [0.15, 0.2) is 0 Å². The number of aliphatic hydroxyl groups excluding tert-OH is 1. The second kappa shape index (κ2) is 10.2. The average molecular weight is 474 g/mol. The zero-order valence-electron chi connectivity index (χ0n) is 18.8. The Kier molecular flexibility index (Phi) is 7.28. The Balaban J connectivity index is 1.25. The van der Waals surface area contributed by atoms with E-state index in [1.165, 1.54) is 21.7 Å². The lowest BCUT2D eigenvalue weighted by Gasteiger charge is -2.30. The molecule has 2 aliphatic rings. The minimum Gasteiger partial charge on any atom is -0.390 e. The van der Waals surface area contributed by atoms with Crippen LogP contribution in [0.5, 0.6) is 0 Å². The van der Waals surface area contributed by atoms with Gasteiger partial charge in [0.25, 0.3) is 5.91 Å². The molecule has 4 rings (SSSR count). The molecule has 178 valence electrons. The van der Waals surface area contributed by atoms with Crippen molar-refractivity contribution in [2.24, 2.45) is 0 Å². The van der Waals surface area contributed by atoms with Gasteiger partial charge >= 0.3 is 0 Å². The monoisotopic (exact) mass is 473 g/mol. The third kappa shape index (κ3) is 6.29. The first-order valence-corrected chi connectivity index (χ1v) is 13.1. The maximum absolute atomic E-state index is 12.6. The highest BCUT2D eigenvalue weighted by molar-refractivity contribution is 7.88. The standard InChI is InChI=1S/C23H31N5O4S/c1-33(31,32)28-11-8-20(15-28)26-22-12-18(6-9-24-22)23(30)25-13-21(29)16-27-10-7-17-4-2-3-5-19(17)14-27/h2-6,9,12,20-21,29H,7-8,10-11,13-16H2,1H3,(H,24,26)(H,25,30). The van der Waals surface area contributed by atoms with Crippen molar-refractivity contribution in [1.82, 2.24) is 19.5 Å². The van der Waals surface area contributed by atoms with Gasteiger partial charge in [0.05, 0.1) is 12.4 Å². The number of β-amino-alcohol motifs (C(OH)–C–C–N with tert-alkyl or cyclic N) is 1. The summed E-state index contributed by atoms with van der Waals surface area (Å²) in [6.45, 7) is 3.20. The van der Waals surface area contributed by atoms with Crippen molar-refractivity contribution in [2.75, 3.05) is 44.3 Å². The molecule has 1 fully saturated rings. The number of hydrogen-bond acceptors (Lipinski definition) is 7. The average Bonchev–Trinajstić information content (AvgIpc) is 3.27. The summed E-state index contributed by atoms with van der Waals surface area (Å²) >= 11 is 0. The number of benzene rings is 1. The van der Waals surface area contributed by atoms with Gasteiger partial charge in [-0.1, -0.05) is 24.3 Å². The van der Waals surface area contributed by atoms with Crippen molar-refractivity contribution < 1.29 is 18.3 Å². The lowest BCUT2D eigenvalue weighted by molar-refractivity contribution is 0.0842. The number of carbonyl (C=O) groups is 1. The fourth-order valence-electron chi connectivity index (χ4n) is 4.39. The van der Waals surface area contributed by atoms with E-state index in [4.69, 9.17) is 0 Å². The quantitative estimate of drug-likeness (QED) is 0.516. The summed E-state index contributed by atoms with van der Waals surface area (Å²) in [7, 11) is -3.21. The second-order valence-corrected chi connectivity index (χ2v) is 10.8. The molecule has 1 aromatic heterocycles. The molecule has 2 atom stereocenters. The Morgan fingerprint density at radius 3 is 2.79 bits per heavy atom. The van der Waals surface area contributed by atoms with E-state index in [-0.39, 0.29) is 18.5 Å². The molecule has 1 aromatic carbocycles. The Hall–Kier alpha value is -2.53. The van der Waals surface area contributed by atoms with Crippen molar-refractivity contribution in [3.63, 3.8) is 0 Å². The summed E-state index contributed by atoms with van der Waals surface area (Å²) in [4.78, 5) is 19.1. The summed E-state index contributed by atoms with van der Waals surface area (Å²) in [5, 5.41) is 16.5. The molecular weight excluding hydrogens is 442 g/mol. The van der Waals surface area contributed by atoms with Crippen LogP contribution in [-0.2, 0) is 23.0 Å². The van der Waals surface area contributed by atoms with Crippen molar-refractivity contribution in [3.05, 3.63) is 59.3 Å². The van der Waals surface area contributed by atoms with Crippen molar-refractivity contribution >= 4 is 21.7 Å². The third-order valence-electron chi connectivity index (χ3n) is 6.17. The smallest absolute Gasteiger partial charge is 0.251 e. The Labute approximate surface area is 194 Å². The van der Waals surface area contributed by atoms with Crippen LogP contribution in [0.4, 0.5) is 5.82 Å². The van der Waals surface area contributed by atoms with Crippen LogP contribution in [0.1, 0.15) is 27.9 Å². The predicted molar refractivity (Wildman–Crippen MR) is 126 cm³/mol. The van der Waals surface area contributed by atoms with E-state index in [2.05, 4.69) is 38.7 Å². The number of rotatable bonds is 8. The minimum absolute atomic E-state index is 0.0537. The second-order valence-electron chi connectivity index (χ2n) is 8.80. The predicted octanol–water partition coefficient (Wildman–Crippen LogP) is 0.676. The van der Waals surface area contributed by atoms with E-state index >= 15 is 0 Å². The largest absolute Gasteiger partial charge is 0.390 e. The van der Waals surface area contributed by atoms with E-state index < -0.39 is 16.1 Å². The number of aromatic nitrogens is 1. The highest BCUT2D eigenvalue weighted by Crippen LogP contribution is 2.19. The van der Waals surface area contributed by atoms with Crippen LogP contribution >= 0.6 is 0 Å². The molecule has 3 heterocycles. The Bertz CT molecular complexity index is 1090. The van der Waals surface area contributed by atoms with Gasteiger partial charge in [-0.2, -0.15) is 0 Å². The van der Waals surface area contributed by atoms with Gasteiger partial charge in [-0.3, -0.25) is 9.69 Å². The molecule has 0 bridgehead atoms. The van der Waals surface area contributed by atoms with Crippen LogP contribution in [0.3, 0.4) is 0 Å². The molecule has 2 aliphatic heterocycles. The lowest BCUT2D eigenvalue weighted by Crippen LogP contribution is -2.42. The fourth-order valence-corrected chi connectivity index (χ4v) is 5.28. The maximum atomic E-state index is 12.6. The van der Waals surface area contributed by atoms with Crippen LogP contribution in [0.2, 0.25) is 0 Å². The molecule has 1 amide bonds. The topological polar surface area (TPSA) is 115 Å². The number of sulfonamides is 1. The SMILES string of the molecule is CS(=O)(=O)N1CCC(Nc2cc(C(=O)NCC(O)CN3CCc4ccccc4C3)ccn2)C1. The highest BCUT2D eigenvalue weighted by atomic mass is 32.2.